The predicted molar refractivity (Wildman–Crippen MR) is 130 cm³/mol. The summed E-state index contributed by atoms with van der Waals surface area (Å²) in [4.78, 5) is 11.5. The summed E-state index contributed by atoms with van der Waals surface area (Å²) in [6.07, 6.45) is 1.65. The Hall–Kier alpha value is -1.43. The molecule has 2 heterocycles. The summed E-state index contributed by atoms with van der Waals surface area (Å²) in [5, 5.41) is 11.3. The number of morpholine rings is 1. The number of guanidine groups is 1. The molecule has 0 radical (unpaired) electrons. The summed E-state index contributed by atoms with van der Waals surface area (Å²) >= 11 is 6.02. The third-order valence-corrected chi connectivity index (χ3v) is 4.77. The first-order chi connectivity index (χ1) is 14.2. The SMILES string of the molecule is CCNC(=NCCCN1CCOCC1)NCCc1nc(-c2cccc(Cl)c2)no1.I. The standard InChI is InChI=1S/C20H29ClN6O2.HI/c1-2-22-20(23-8-4-10-27-11-13-28-14-12-27)24-9-7-18-25-19(26-29-18)16-5-3-6-17(21)15-16;/h3,5-6,15H,2,4,7-14H2,1H3,(H2,22,23,24);1H. The van der Waals surface area contributed by atoms with Gasteiger partial charge in [-0.3, -0.25) is 9.89 Å². The second-order valence-corrected chi connectivity index (χ2v) is 7.20. The zero-order valence-electron chi connectivity index (χ0n) is 17.3. The quantitative estimate of drug-likeness (QED) is 0.216. The lowest BCUT2D eigenvalue weighted by Crippen LogP contribution is -2.39. The molecule has 0 bridgehead atoms. The first kappa shape index (κ1) is 24.8. The van der Waals surface area contributed by atoms with Crippen LogP contribution in [0.25, 0.3) is 11.4 Å². The van der Waals surface area contributed by atoms with E-state index in [1.54, 1.807) is 0 Å². The van der Waals surface area contributed by atoms with E-state index in [1.165, 1.54) is 0 Å². The van der Waals surface area contributed by atoms with Gasteiger partial charge in [0.05, 0.1) is 13.2 Å². The van der Waals surface area contributed by atoms with E-state index in [0.29, 0.717) is 29.7 Å². The fraction of sp³-hybridized carbons (Fsp3) is 0.550. The molecule has 2 N–H and O–H groups in total. The summed E-state index contributed by atoms with van der Waals surface area (Å²) in [5.74, 6) is 1.94. The normalized spacial score (nSPS) is 14.9. The topological polar surface area (TPSA) is 87.8 Å². The van der Waals surface area contributed by atoms with Crippen LogP contribution < -0.4 is 10.6 Å². The highest BCUT2D eigenvalue weighted by Crippen LogP contribution is 2.19. The number of rotatable bonds is 9. The van der Waals surface area contributed by atoms with E-state index in [9.17, 15) is 0 Å². The van der Waals surface area contributed by atoms with Gasteiger partial charge in [0.1, 0.15) is 0 Å². The zero-order chi connectivity index (χ0) is 20.3. The van der Waals surface area contributed by atoms with Crippen LogP contribution in [0.4, 0.5) is 0 Å². The van der Waals surface area contributed by atoms with Crippen LogP contribution in [-0.4, -0.2) is 73.5 Å². The Morgan fingerprint density at radius 1 is 1.27 bits per heavy atom. The van der Waals surface area contributed by atoms with Crippen molar-refractivity contribution < 1.29 is 9.26 Å². The molecule has 1 aliphatic rings. The van der Waals surface area contributed by atoms with Crippen LogP contribution in [0.3, 0.4) is 0 Å². The molecule has 1 aromatic heterocycles. The van der Waals surface area contributed by atoms with Gasteiger partial charge in [-0.05, 0) is 25.5 Å². The molecule has 0 atom stereocenters. The molecule has 3 rings (SSSR count). The molecule has 1 aliphatic heterocycles. The molecule has 30 heavy (non-hydrogen) atoms. The second-order valence-electron chi connectivity index (χ2n) is 6.77. The zero-order valence-corrected chi connectivity index (χ0v) is 20.4. The molecule has 2 aromatic rings. The van der Waals surface area contributed by atoms with Crippen molar-refractivity contribution in [1.29, 1.82) is 0 Å². The maximum absolute atomic E-state index is 6.02. The van der Waals surface area contributed by atoms with Crippen LogP contribution in [-0.2, 0) is 11.2 Å². The molecule has 10 heteroatoms. The third-order valence-electron chi connectivity index (χ3n) is 4.53. The average molecular weight is 549 g/mol. The van der Waals surface area contributed by atoms with Crippen LogP contribution in [0.1, 0.15) is 19.2 Å². The number of aliphatic imine (C=N–C) groups is 1. The van der Waals surface area contributed by atoms with Crippen molar-refractivity contribution in [1.82, 2.24) is 25.7 Å². The number of benzene rings is 1. The maximum atomic E-state index is 6.02. The number of hydrogen-bond acceptors (Lipinski definition) is 6. The van der Waals surface area contributed by atoms with Gasteiger partial charge in [-0.15, -0.1) is 24.0 Å². The Bertz CT molecular complexity index is 782. The molecule has 1 saturated heterocycles. The van der Waals surface area contributed by atoms with Crippen molar-refractivity contribution in [2.75, 3.05) is 52.5 Å². The second kappa shape index (κ2) is 13.8. The molecule has 0 spiro atoms. The summed E-state index contributed by atoms with van der Waals surface area (Å²) in [7, 11) is 0. The minimum atomic E-state index is 0. The number of hydrogen-bond donors (Lipinski definition) is 2. The molecule has 1 aromatic carbocycles. The first-order valence-corrected chi connectivity index (χ1v) is 10.5. The van der Waals surface area contributed by atoms with Crippen molar-refractivity contribution in [3.63, 3.8) is 0 Å². The van der Waals surface area contributed by atoms with Crippen molar-refractivity contribution in [2.24, 2.45) is 4.99 Å². The van der Waals surface area contributed by atoms with Crippen LogP contribution >= 0.6 is 35.6 Å². The molecule has 8 nitrogen and oxygen atoms in total. The predicted octanol–water partition coefficient (Wildman–Crippen LogP) is 2.83. The van der Waals surface area contributed by atoms with Crippen LogP contribution in [0, 0.1) is 0 Å². The van der Waals surface area contributed by atoms with E-state index < -0.39 is 0 Å². The molecular weight excluding hydrogens is 519 g/mol. The fourth-order valence-electron chi connectivity index (χ4n) is 3.04. The highest BCUT2D eigenvalue weighted by molar-refractivity contribution is 14.0. The van der Waals surface area contributed by atoms with Crippen molar-refractivity contribution >= 4 is 41.5 Å². The van der Waals surface area contributed by atoms with Gasteiger partial charge in [0.15, 0.2) is 5.96 Å². The number of aromatic nitrogens is 2. The van der Waals surface area contributed by atoms with Crippen molar-refractivity contribution in [2.45, 2.75) is 19.8 Å². The molecule has 0 saturated carbocycles. The van der Waals surface area contributed by atoms with Gasteiger partial charge < -0.3 is 19.9 Å². The monoisotopic (exact) mass is 548 g/mol. The van der Waals surface area contributed by atoms with E-state index in [2.05, 4.69) is 37.6 Å². The number of ether oxygens (including phenoxy) is 1. The lowest BCUT2D eigenvalue weighted by atomic mass is 10.2. The molecule has 0 unspecified atom stereocenters. The minimum absolute atomic E-state index is 0. The highest BCUT2D eigenvalue weighted by atomic mass is 127. The van der Waals surface area contributed by atoms with Gasteiger partial charge in [0, 0.05) is 56.3 Å². The van der Waals surface area contributed by atoms with E-state index in [1.807, 2.05) is 24.3 Å². The highest BCUT2D eigenvalue weighted by Gasteiger charge is 2.10. The fourth-order valence-corrected chi connectivity index (χ4v) is 3.23. The Labute approximate surface area is 199 Å². The van der Waals surface area contributed by atoms with Gasteiger partial charge in [0.2, 0.25) is 11.7 Å². The van der Waals surface area contributed by atoms with Gasteiger partial charge in [-0.25, -0.2) is 0 Å². The first-order valence-electron chi connectivity index (χ1n) is 10.2. The van der Waals surface area contributed by atoms with Gasteiger partial charge in [-0.1, -0.05) is 28.9 Å². The van der Waals surface area contributed by atoms with Crippen molar-refractivity contribution in [3.05, 3.63) is 35.2 Å². The molecule has 1 fully saturated rings. The minimum Gasteiger partial charge on any atom is -0.379 e. The van der Waals surface area contributed by atoms with E-state index >= 15 is 0 Å². The van der Waals surface area contributed by atoms with Gasteiger partial charge in [-0.2, -0.15) is 4.98 Å². The Balaban J connectivity index is 0.00000320. The summed E-state index contributed by atoms with van der Waals surface area (Å²) in [6, 6.07) is 7.42. The molecule has 166 valence electrons. The van der Waals surface area contributed by atoms with E-state index in [0.717, 1.165) is 63.9 Å². The summed E-state index contributed by atoms with van der Waals surface area (Å²) in [5.41, 5.74) is 0.843. The van der Waals surface area contributed by atoms with Crippen molar-refractivity contribution in [3.8, 4) is 11.4 Å². The molecule has 0 aliphatic carbocycles. The summed E-state index contributed by atoms with van der Waals surface area (Å²) in [6.45, 7) is 9.07. The number of nitrogens with one attached hydrogen (secondary N) is 2. The number of nitrogens with zero attached hydrogens (tertiary/aromatic N) is 4. The Morgan fingerprint density at radius 3 is 2.87 bits per heavy atom. The van der Waals surface area contributed by atoms with Crippen LogP contribution in [0.2, 0.25) is 5.02 Å². The van der Waals surface area contributed by atoms with Gasteiger partial charge in [0.25, 0.3) is 0 Å². The lowest BCUT2D eigenvalue weighted by molar-refractivity contribution is 0.0377. The third kappa shape index (κ3) is 8.37. The van der Waals surface area contributed by atoms with E-state index in [4.69, 9.17) is 20.9 Å². The smallest absolute Gasteiger partial charge is 0.228 e. The molecular formula is C20H30ClIN6O2. The Kier molecular flexibility index (Phi) is 11.4. The number of halogens is 2. The van der Waals surface area contributed by atoms with Crippen LogP contribution in [0.5, 0.6) is 0 Å². The lowest BCUT2D eigenvalue weighted by Gasteiger charge is -2.26. The Morgan fingerprint density at radius 2 is 2.10 bits per heavy atom. The molecule has 0 amide bonds. The van der Waals surface area contributed by atoms with E-state index in [-0.39, 0.29) is 24.0 Å². The van der Waals surface area contributed by atoms with Crippen LogP contribution in [0.15, 0.2) is 33.8 Å². The summed E-state index contributed by atoms with van der Waals surface area (Å²) < 4.78 is 10.7. The van der Waals surface area contributed by atoms with Gasteiger partial charge >= 0.3 is 0 Å². The average Bonchev–Trinajstić information content (AvgIpc) is 3.21. The largest absolute Gasteiger partial charge is 0.379 e. The maximum Gasteiger partial charge on any atom is 0.228 e.